The van der Waals surface area contributed by atoms with Gasteiger partial charge in [0.15, 0.2) is 12.0 Å². The van der Waals surface area contributed by atoms with E-state index < -0.39 is 40.5 Å². The smallest absolute Gasteiger partial charge is 0.257 e. The molecule has 1 aromatic heterocycles. The molecule has 2 heterocycles. The second-order valence-electron chi connectivity index (χ2n) is 7.64. The number of rotatable bonds is 7. The van der Waals surface area contributed by atoms with E-state index in [1.165, 1.54) is 16.8 Å². The van der Waals surface area contributed by atoms with Gasteiger partial charge >= 0.3 is 0 Å². The summed E-state index contributed by atoms with van der Waals surface area (Å²) in [6, 6.07) is 3.18. The Labute approximate surface area is 183 Å². The van der Waals surface area contributed by atoms with Gasteiger partial charge in [-0.2, -0.15) is 0 Å². The SMILES string of the molecule is CC[C@@H]1CCOC(Cn2cc(C(=O)NCc3ccc(F)cc3F)c(=O)c(O)c2C=O)N1C. The number of aromatic hydroxyl groups is 1. The van der Waals surface area contributed by atoms with Gasteiger partial charge in [-0.05, 0) is 26.0 Å². The minimum absolute atomic E-state index is 0.0247. The molecule has 1 saturated heterocycles. The number of nitrogens with zero attached hydrogens (tertiary/aromatic N) is 2. The number of amides is 1. The van der Waals surface area contributed by atoms with Gasteiger partial charge < -0.3 is 19.7 Å². The lowest BCUT2D eigenvalue weighted by Crippen LogP contribution is -2.48. The van der Waals surface area contributed by atoms with E-state index in [0.29, 0.717) is 19.0 Å². The highest BCUT2D eigenvalue weighted by Crippen LogP contribution is 2.21. The van der Waals surface area contributed by atoms with Crippen LogP contribution in [-0.2, 0) is 17.8 Å². The molecule has 172 valence electrons. The first-order chi connectivity index (χ1) is 15.3. The van der Waals surface area contributed by atoms with E-state index in [-0.39, 0.29) is 30.4 Å². The van der Waals surface area contributed by atoms with Crippen molar-refractivity contribution in [2.45, 2.75) is 45.1 Å². The van der Waals surface area contributed by atoms with E-state index in [1.54, 1.807) is 0 Å². The maximum atomic E-state index is 13.8. The molecule has 2 aromatic rings. The van der Waals surface area contributed by atoms with Gasteiger partial charge in [-0.15, -0.1) is 0 Å². The Morgan fingerprint density at radius 1 is 1.38 bits per heavy atom. The number of aldehydes is 1. The molecule has 0 saturated carbocycles. The molecule has 8 nitrogen and oxygen atoms in total. The molecule has 3 rings (SSSR count). The highest BCUT2D eigenvalue weighted by molar-refractivity contribution is 5.95. The number of aromatic nitrogens is 1. The zero-order chi connectivity index (χ0) is 23.4. The van der Waals surface area contributed by atoms with E-state index in [9.17, 15) is 28.3 Å². The Hall–Kier alpha value is -3.11. The summed E-state index contributed by atoms with van der Waals surface area (Å²) in [5, 5.41) is 12.6. The predicted molar refractivity (Wildman–Crippen MR) is 111 cm³/mol. The van der Waals surface area contributed by atoms with Crippen LogP contribution in [0.2, 0.25) is 0 Å². The first kappa shape index (κ1) is 23.6. The molecule has 10 heteroatoms. The van der Waals surface area contributed by atoms with Crippen molar-refractivity contribution in [2.24, 2.45) is 0 Å². The Morgan fingerprint density at radius 2 is 2.12 bits per heavy atom. The second kappa shape index (κ2) is 10.0. The average molecular weight is 449 g/mol. The second-order valence-corrected chi connectivity index (χ2v) is 7.64. The van der Waals surface area contributed by atoms with E-state index in [0.717, 1.165) is 18.9 Å². The monoisotopic (exact) mass is 449 g/mol. The van der Waals surface area contributed by atoms with Gasteiger partial charge in [0.25, 0.3) is 5.91 Å². The summed E-state index contributed by atoms with van der Waals surface area (Å²) in [7, 11) is 1.88. The van der Waals surface area contributed by atoms with Crippen LogP contribution in [0.15, 0.2) is 29.2 Å². The number of likely N-dealkylation sites (N-methyl/N-ethyl adjacent to an activating group) is 1. The molecule has 1 fully saturated rings. The maximum Gasteiger partial charge on any atom is 0.257 e. The largest absolute Gasteiger partial charge is 0.503 e. The van der Waals surface area contributed by atoms with Crippen molar-refractivity contribution in [2.75, 3.05) is 13.7 Å². The normalized spacial score (nSPS) is 19.0. The molecule has 1 amide bonds. The van der Waals surface area contributed by atoms with E-state index in [1.807, 2.05) is 11.9 Å². The molecule has 0 bridgehead atoms. The summed E-state index contributed by atoms with van der Waals surface area (Å²) >= 11 is 0. The van der Waals surface area contributed by atoms with Gasteiger partial charge in [-0.25, -0.2) is 8.78 Å². The summed E-state index contributed by atoms with van der Waals surface area (Å²) < 4.78 is 33.9. The molecule has 2 atom stereocenters. The third-order valence-corrected chi connectivity index (χ3v) is 5.72. The van der Waals surface area contributed by atoms with Crippen LogP contribution in [-0.4, -0.2) is 52.7 Å². The van der Waals surface area contributed by atoms with E-state index in [4.69, 9.17) is 4.74 Å². The van der Waals surface area contributed by atoms with Crippen molar-refractivity contribution >= 4 is 12.2 Å². The summed E-state index contributed by atoms with van der Waals surface area (Å²) in [5.74, 6) is -3.32. The minimum Gasteiger partial charge on any atom is -0.503 e. The fraction of sp³-hybridized carbons (Fsp3) is 0.409. The summed E-state index contributed by atoms with van der Waals surface area (Å²) in [4.78, 5) is 38.6. The van der Waals surface area contributed by atoms with Crippen LogP contribution in [0.25, 0.3) is 0 Å². The number of hydrogen-bond donors (Lipinski definition) is 2. The first-order valence-electron chi connectivity index (χ1n) is 10.2. The summed E-state index contributed by atoms with van der Waals surface area (Å²) in [6.07, 6.45) is 2.84. The Kier molecular flexibility index (Phi) is 7.37. The molecule has 32 heavy (non-hydrogen) atoms. The van der Waals surface area contributed by atoms with E-state index in [2.05, 4.69) is 12.2 Å². The number of benzene rings is 1. The summed E-state index contributed by atoms with van der Waals surface area (Å²) in [5.41, 5.74) is -1.69. The van der Waals surface area contributed by atoms with Crippen LogP contribution in [0.5, 0.6) is 5.75 Å². The van der Waals surface area contributed by atoms with Crippen molar-refractivity contribution in [3.8, 4) is 5.75 Å². The third-order valence-electron chi connectivity index (χ3n) is 5.72. The molecular formula is C22H25F2N3O5. The average Bonchev–Trinajstić information content (AvgIpc) is 2.77. The third kappa shape index (κ3) is 4.86. The zero-order valence-corrected chi connectivity index (χ0v) is 17.8. The Morgan fingerprint density at radius 3 is 2.78 bits per heavy atom. The van der Waals surface area contributed by atoms with Crippen LogP contribution in [0.3, 0.4) is 0 Å². The van der Waals surface area contributed by atoms with Gasteiger partial charge in [0.05, 0.1) is 13.2 Å². The highest BCUT2D eigenvalue weighted by Gasteiger charge is 2.29. The molecule has 1 unspecified atom stereocenters. The lowest BCUT2D eigenvalue weighted by molar-refractivity contribution is -0.118. The lowest BCUT2D eigenvalue weighted by atomic mass is 10.1. The molecule has 0 radical (unpaired) electrons. The molecule has 1 aliphatic rings. The van der Waals surface area contributed by atoms with Crippen LogP contribution >= 0.6 is 0 Å². The van der Waals surface area contributed by atoms with Crippen molar-refractivity contribution in [1.82, 2.24) is 14.8 Å². The number of ether oxygens (including phenoxy) is 1. The molecule has 2 N–H and O–H groups in total. The molecule has 1 aromatic carbocycles. The number of halogens is 2. The number of nitrogens with one attached hydrogen (secondary N) is 1. The number of carbonyl (C=O) groups excluding carboxylic acids is 2. The van der Waals surface area contributed by atoms with Gasteiger partial charge in [0, 0.05) is 30.4 Å². The van der Waals surface area contributed by atoms with Gasteiger partial charge in [-0.3, -0.25) is 19.3 Å². The van der Waals surface area contributed by atoms with Crippen LogP contribution in [0, 0.1) is 11.6 Å². The number of hydrogen-bond acceptors (Lipinski definition) is 6. The Bertz CT molecular complexity index is 1070. The number of carbonyl (C=O) groups is 2. The van der Waals surface area contributed by atoms with Crippen LogP contribution in [0.1, 0.15) is 46.2 Å². The van der Waals surface area contributed by atoms with Crippen LogP contribution in [0.4, 0.5) is 8.78 Å². The fourth-order valence-corrected chi connectivity index (χ4v) is 3.77. The molecule has 1 aliphatic heterocycles. The lowest BCUT2D eigenvalue weighted by Gasteiger charge is -2.39. The van der Waals surface area contributed by atoms with E-state index >= 15 is 0 Å². The molecule has 0 spiro atoms. The topological polar surface area (TPSA) is 101 Å². The van der Waals surface area contributed by atoms with Gasteiger partial charge in [0.2, 0.25) is 5.43 Å². The van der Waals surface area contributed by atoms with Crippen molar-refractivity contribution in [3.63, 3.8) is 0 Å². The quantitative estimate of drug-likeness (QED) is 0.628. The zero-order valence-electron chi connectivity index (χ0n) is 17.8. The van der Waals surface area contributed by atoms with Gasteiger partial charge in [0.1, 0.15) is 29.1 Å². The van der Waals surface area contributed by atoms with Crippen molar-refractivity contribution in [3.05, 3.63) is 63.1 Å². The van der Waals surface area contributed by atoms with Gasteiger partial charge in [-0.1, -0.05) is 13.0 Å². The van der Waals surface area contributed by atoms with Crippen LogP contribution < -0.4 is 10.7 Å². The first-order valence-corrected chi connectivity index (χ1v) is 10.2. The maximum absolute atomic E-state index is 13.8. The Balaban J connectivity index is 1.86. The van der Waals surface area contributed by atoms with Crippen molar-refractivity contribution in [1.29, 1.82) is 0 Å². The molecular weight excluding hydrogens is 424 g/mol. The molecule has 0 aliphatic carbocycles. The minimum atomic E-state index is -1.02. The standard InChI is InChI=1S/C22H25F2N3O5/c1-3-15-6-7-32-19(26(15)2)11-27-10-16(20(29)21(30)18(27)12-28)22(31)25-9-13-4-5-14(23)8-17(13)24/h4-5,8,10,12,15,19,30H,3,6-7,9,11H2,1-2H3,(H,25,31)/t15-,19?/m1/s1. The van der Waals surface area contributed by atoms with Crippen molar-refractivity contribution < 1.29 is 28.2 Å². The highest BCUT2D eigenvalue weighted by atomic mass is 19.1. The fourth-order valence-electron chi connectivity index (χ4n) is 3.77. The number of pyridine rings is 1. The summed E-state index contributed by atoms with van der Waals surface area (Å²) in [6.45, 7) is 2.37. The predicted octanol–water partition coefficient (Wildman–Crippen LogP) is 2.03.